The summed E-state index contributed by atoms with van der Waals surface area (Å²) in [5.41, 5.74) is 4.76. The molecule has 0 saturated heterocycles. The number of anilines is 1. The van der Waals surface area contributed by atoms with Crippen LogP contribution in [0.25, 0.3) is 0 Å². The third-order valence-corrected chi connectivity index (χ3v) is 13.3. The molecule has 1 saturated carbocycles. The van der Waals surface area contributed by atoms with Crippen LogP contribution in [0.3, 0.4) is 0 Å². The Morgan fingerprint density at radius 3 is 2.72 bits per heavy atom. The van der Waals surface area contributed by atoms with E-state index >= 15 is 0 Å². The highest BCUT2D eigenvalue weighted by Crippen LogP contribution is 2.47. The second-order valence-electron chi connectivity index (χ2n) is 15.0. The number of hydrogen-bond acceptors (Lipinski definition) is 10. The molecular formula is C40H49N5O7S. The zero-order valence-electron chi connectivity index (χ0n) is 31.1. The molecule has 1 N–H and O–H groups in total. The topological polar surface area (TPSA) is 142 Å². The molecule has 282 valence electrons. The van der Waals surface area contributed by atoms with Crippen molar-refractivity contribution >= 4 is 27.4 Å². The van der Waals surface area contributed by atoms with E-state index in [4.69, 9.17) is 18.9 Å². The van der Waals surface area contributed by atoms with Gasteiger partial charge in [0.2, 0.25) is 5.88 Å². The Hall–Kier alpha value is -4.49. The average molecular weight is 744 g/mol. The number of allylic oxidation sites excluding steroid dienone is 1. The number of nitrogens with one attached hydrogen (secondary N) is 1. The van der Waals surface area contributed by atoms with E-state index in [0.717, 1.165) is 50.9 Å². The molecule has 0 radical (unpaired) electrons. The van der Waals surface area contributed by atoms with Crippen LogP contribution in [0, 0.1) is 24.7 Å². The largest absolute Gasteiger partial charge is 0.490 e. The van der Waals surface area contributed by atoms with Crippen LogP contribution in [0.15, 0.2) is 59.1 Å². The van der Waals surface area contributed by atoms with Gasteiger partial charge >= 0.3 is 6.01 Å². The number of hydrogen-bond donors (Lipinski definition) is 1. The molecule has 2 bridgehead atoms. The van der Waals surface area contributed by atoms with E-state index in [1.54, 1.807) is 13.2 Å². The number of aromatic nitrogens is 2. The summed E-state index contributed by atoms with van der Waals surface area (Å²) in [7, 11) is 0.848. The van der Waals surface area contributed by atoms with Crippen LogP contribution in [-0.4, -0.2) is 78.9 Å². The summed E-state index contributed by atoms with van der Waals surface area (Å²) in [6.07, 6.45) is 11.1. The van der Waals surface area contributed by atoms with Crippen molar-refractivity contribution < 1.29 is 32.7 Å². The third kappa shape index (κ3) is 7.50. The predicted octanol–water partition coefficient (Wildman–Crippen LogP) is 5.87. The Morgan fingerprint density at radius 2 is 1.96 bits per heavy atom. The van der Waals surface area contributed by atoms with E-state index in [-0.39, 0.29) is 46.2 Å². The standard InChI is InChI=1S/C40H49N5O7S/c1-25-11-15-32-27(18-25)9-7-17-40(32)23-45-21-29-12-14-30(29)34(49-3)10-6-8-26(2)22-53(48,43-36(46)28-13-16-35(52-24-40)33(45)19-28)44-37(47)31-20-41-39(51-5)42-38(31)50-4/h6,10-11,13,15-16,18-20,26,29-30,34H,7-9,12,14,17,21-24H2,1-5H3,(H,43,44,46,47,48)/b10-6+/t26-,29-,30+,34-,40-,53?/m0/s1. The third-order valence-electron chi connectivity index (χ3n) is 11.3. The summed E-state index contributed by atoms with van der Waals surface area (Å²) in [6, 6.07) is 12.1. The molecule has 53 heavy (non-hydrogen) atoms. The van der Waals surface area contributed by atoms with Crippen molar-refractivity contribution in [1.82, 2.24) is 14.7 Å². The summed E-state index contributed by atoms with van der Waals surface area (Å²) in [5.74, 6) is -0.400. The van der Waals surface area contributed by atoms with E-state index in [0.29, 0.717) is 30.6 Å². The molecule has 7 rings (SSSR count). The maximum atomic E-state index is 14.7. The normalized spacial score (nSPS) is 28.9. The van der Waals surface area contributed by atoms with Crippen LogP contribution >= 0.6 is 0 Å². The molecule has 3 aromatic rings. The molecule has 4 aliphatic rings. The van der Waals surface area contributed by atoms with Gasteiger partial charge in [-0.25, -0.2) is 9.19 Å². The summed E-state index contributed by atoms with van der Waals surface area (Å²) in [6.45, 7) is 6.10. The van der Waals surface area contributed by atoms with Crippen molar-refractivity contribution in [1.29, 1.82) is 0 Å². The van der Waals surface area contributed by atoms with Crippen LogP contribution in [-0.2, 0) is 26.5 Å². The molecule has 2 amide bonds. The summed E-state index contributed by atoms with van der Waals surface area (Å²) in [5, 5.41) is 0. The number of carbonyl (C=O) groups excluding carboxylic acids is 2. The maximum Gasteiger partial charge on any atom is 0.319 e. The highest BCUT2D eigenvalue weighted by molar-refractivity contribution is 7.92. The van der Waals surface area contributed by atoms with Crippen molar-refractivity contribution in [3.8, 4) is 17.6 Å². The molecule has 13 heteroatoms. The van der Waals surface area contributed by atoms with Crippen LogP contribution in [0.1, 0.15) is 76.4 Å². The molecule has 2 aromatic carbocycles. The lowest BCUT2D eigenvalue weighted by molar-refractivity contribution is 0.0131. The number of amides is 2. The minimum absolute atomic E-state index is 0.00472. The van der Waals surface area contributed by atoms with Gasteiger partial charge < -0.3 is 23.8 Å². The van der Waals surface area contributed by atoms with E-state index in [1.165, 1.54) is 37.1 Å². The number of methoxy groups -OCH3 is 3. The minimum Gasteiger partial charge on any atom is -0.490 e. The van der Waals surface area contributed by atoms with Crippen molar-refractivity contribution in [3.63, 3.8) is 0 Å². The second kappa shape index (κ2) is 15.1. The molecule has 1 aromatic heterocycles. The first kappa shape index (κ1) is 36.9. The fourth-order valence-corrected chi connectivity index (χ4v) is 10.4. The summed E-state index contributed by atoms with van der Waals surface area (Å²) >= 11 is 0. The SMILES string of the molecule is COc1ncc(C(=O)NS2(=O)=NC(=O)c3ccc4c(c3)N(C[C@@H]3CC[C@H]3[C@@H](OC)/C=C/C[C@H](C)C2)C[C@@]2(CCCc3cc(C)ccc32)CO4)c(OC)n1. The number of aryl methyl sites for hydroxylation is 2. The molecule has 3 heterocycles. The minimum atomic E-state index is -3.66. The highest BCUT2D eigenvalue weighted by atomic mass is 32.2. The number of fused-ring (bicyclic) bond motifs is 4. The van der Waals surface area contributed by atoms with E-state index < -0.39 is 21.7 Å². The Bertz CT molecular complexity index is 2050. The van der Waals surface area contributed by atoms with E-state index in [9.17, 15) is 13.8 Å². The van der Waals surface area contributed by atoms with Crippen LogP contribution in [0.4, 0.5) is 5.69 Å². The first-order valence-electron chi connectivity index (χ1n) is 18.4. The number of nitrogens with zero attached hydrogens (tertiary/aromatic N) is 4. The molecule has 1 unspecified atom stereocenters. The lowest BCUT2D eigenvalue weighted by Gasteiger charge is -2.46. The highest BCUT2D eigenvalue weighted by Gasteiger charge is 2.44. The first-order valence-corrected chi connectivity index (χ1v) is 20.1. The van der Waals surface area contributed by atoms with Gasteiger partial charge in [-0.3, -0.25) is 14.3 Å². The average Bonchev–Trinajstić information content (AvgIpc) is 3.28. The van der Waals surface area contributed by atoms with Crippen LogP contribution in [0.5, 0.6) is 17.6 Å². The Morgan fingerprint density at radius 1 is 1.11 bits per heavy atom. The fourth-order valence-electron chi connectivity index (χ4n) is 8.49. The molecule has 1 spiro atoms. The molecular weight excluding hydrogens is 695 g/mol. The summed E-state index contributed by atoms with van der Waals surface area (Å²) < 4.78 is 44.6. The van der Waals surface area contributed by atoms with E-state index in [1.807, 2.05) is 19.1 Å². The number of ether oxygens (including phenoxy) is 4. The zero-order valence-corrected chi connectivity index (χ0v) is 31.9. The molecule has 1 fully saturated rings. The fraction of sp³-hybridized carbons (Fsp3) is 0.500. The zero-order chi connectivity index (χ0) is 37.3. The Kier molecular flexibility index (Phi) is 10.5. The predicted molar refractivity (Wildman–Crippen MR) is 202 cm³/mol. The monoisotopic (exact) mass is 743 g/mol. The van der Waals surface area contributed by atoms with Crippen molar-refractivity contribution in [3.05, 3.63) is 82.6 Å². The second-order valence-corrected chi connectivity index (χ2v) is 17.0. The Balaban J connectivity index is 1.30. The van der Waals surface area contributed by atoms with Crippen molar-refractivity contribution in [2.24, 2.45) is 22.1 Å². The molecule has 2 aliphatic heterocycles. The van der Waals surface area contributed by atoms with Crippen molar-refractivity contribution in [2.45, 2.75) is 63.9 Å². The smallest absolute Gasteiger partial charge is 0.319 e. The first-order chi connectivity index (χ1) is 25.5. The number of carbonyl (C=O) groups is 2. The van der Waals surface area contributed by atoms with Gasteiger partial charge in [0, 0.05) is 31.2 Å². The van der Waals surface area contributed by atoms with Gasteiger partial charge in [0.05, 0.1) is 44.6 Å². The van der Waals surface area contributed by atoms with Gasteiger partial charge in [0.1, 0.15) is 21.2 Å². The van der Waals surface area contributed by atoms with Gasteiger partial charge in [0.15, 0.2) is 0 Å². The van der Waals surface area contributed by atoms with Gasteiger partial charge in [-0.05, 0) is 92.5 Å². The van der Waals surface area contributed by atoms with Crippen molar-refractivity contribution in [2.75, 3.05) is 51.7 Å². The maximum absolute atomic E-state index is 14.7. The van der Waals surface area contributed by atoms with Crippen LogP contribution < -0.4 is 23.8 Å². The number of benzene rings is 2. The van der Waals surface area contributed by atoms with Gasteiger partial charge in [0.25, 0.3) is 11.8 Å². The number of rotatable bonds is 5. The molecule has 2 aliphatic carbocycles. The van der Waals surface area contributed by atoms with Crippen LogP contribution in [0.2, 0.25) is 0 Å². The Labute approximate surface area is 312 Å². The lowest BCUT2D eigenvalue weighted by Crippen LogP contribution is -2.49. The quantitative estimate of drug-likeness (QED) is 0.316. The summed E-state index contributed by atoms with van der Waals surface area (Å²) in [4.78, 5) is 38.2. The van der Waals surface area contributed by atoms with Gasteiger partial charge in [-0.2, -0.15) is 4.98 Å². The lowest BCUT2D eigenvalue weighted by atomic mass is 9.68. The van der Waals surface area contributed by atoms with Gasteiger partial charge in [-0.1, -0.05) is 42.8 Å². The van der Waals surface area contributed by atoms with Gasteiger partial charge in [-0.15, -0.1) is 4.36 Å². The molecule has 6 atom stereocenters. The van der Waals surface area contributed by atoms with E-state index in [2.05, 4.69) is 61.2 Å². The molecule has 12 nitrogen and oxygen atoms in total.